The molecule has 2 aliphatic rings. The van der Waals surface area contributed by atoms with Gasteiger partial charge in [0.2, 0.25) is 0 Å². The summed E-state index contributed by atoms with van der Waals surface area (Å²) in [6.45, 7) is 18.5. The number of anilines is 1. The summed E-state index contributed by atoms with van der Waals surface area (Å²) in [5, 5.41) is 4.66. The van der Waals surface area contributed by atoms with Crippen LogP contribution >= 0.6 is 0 Å². The molecule has 0 spiro atoms. The molecule has 3 atom stereocenters. The van der Waals surface area contributed by atoms with E-state index in [4.69, 9.17) is 4.74 Å². The highest BCUT2D eigenvalue weighted by atomic mass is 19.4. The maximum atomic E-state index is 12.7. The summed E-state index contributed by atoms with van der Waals surface area (Å²) in [4.78, 5) is 4.84. The van der Waals surface area contributed by atoms with Crippen molar-refractivity contribution in [1.29, 1.82) is 0 Å². The fraction of sp³-hybridized carbons (Fsp3) is 0.690. The number of aromatic nitrogens is 2. The molecule has 4 rings (SSSR count). The molecule has 0 radical (unpaired) electrons. The largest absolute Gasteiger partial charge is 0.416 e. The van der Waals surface area contributed by atoms with Gasteiger partial charge in [-0.25, -0.2) is 4.68 Å². The minimum absolute atomic E-state index is 0.639. The standard InChI is InChI=1S/C20H28F3N3.C9H17NO/c1-5-12-25(13-11-15(3)6-2)19-14-16(4)26(24-19)18-9-7-17(8-10-18)20(21,22)23;1-2-3-10-4-8-6-11-7-9(8)5-10/h7-10,14-15H,5-6,11-13H2,1-4H3;8-9H,2-7H2,1H3. The Morgan fingerprint density at radius 1 is 1.03 bits per heavy atom. The first-order chi connectivity index (χ1) is 17.7. The molecule has 2 aromatic rings. The molecule has 0 saturated carbocycles. The smallest absolute Gasteiger partial charge is 0.381 e. The van der Waals surface area contributed by atoms with Gasteiger partial charge in [0.05, 0.1) is 24.5 Å². The summed E-state index contributed by atoms with van der Waals surface area (Å²) in [5.74, 6) is 3.27. The van der Waals surface area contributed by atoms with Crippen LogP contribution in [-0.4, -0.2) is 60.6 Å². The van der Waals surface area contributed by atoms with Gasteiger partial charge in [0.1, 0.15) is 0 Å². The zero-order valence-corrected chi connectivity index (χ0v) is 23.2. The molecule has 0 aliphatic carbocycles. The van der Waals surface area contributed by atoms with Crippen LogP contribution in [-0.2, 0) is 10.9 Å². The minimum atomic E-state index is -4.32. The Balaban J connectivity index is 0.000000284. The summed E-state index contributed by atoms with van der Waals surface area (Å²) < 4.78 is 45.4. The van der Waals surface area contributed by atoms with Crippen LogP contribution in [0.3, 0.4) is 0 Å². The molecule has 2 saturated heterocycles. The van der Waals surface area contributed by atoms with Crippen molar-refractivity contribution in [2.75, 3.05) is 50.8 Å². The van der Waals surface area contributed by atoms with Crippen LogP contribution in [0.15, 0.2) is 30.3 Å². The summed E-state index contributed by atoms with van der Waals surface area (Å²) in [6.07, 6.45) is 0.241. The van der Waals surface area contributed by atoms with Gasteiger partial charge in [-0.05, 0) is 62.9 Å². The molecule has 2 aliphatic heterocycles. The molecule has 3 heterocycles. The van der Waals surface area contributed by atoms with Crippen LogP contribution in [0.1, 0.15) is 64.6 Å². The maximum absolute atomic E-state index is 12.7. The molecule has 5 nitrogen and oxygen atoms in total. The van der Waals surface area contributed by atoms with E-state index in [9.17, 15) is 13.2 Å². The number of hydrogen-bond donors (Lipinski definition) is 0. The van der Waals surface area contributed by atoms with Crippen LogP contribution in [0.2, 0.25) is 0 Å². The lowest BCUT2D eigenvalue weighted by atomic mass is 10.0. The lowest BCUT2D eigenvalue weighted by Crippen LogP contribution is -2.27. The second-order valence-corrected chi connectivity index (χ2v) is 10.7. The van der Waals surface area contributed by atoms with Crippen molar-refractivity contribution < 1.29 is 17.9 Å². The predicted molar refractivity (Wildman–Crippen MR) is 144 cm³/mol. The van der Waals surface area contributed by atoms with Crippen molar-refractivity contribution in [2.24, 2.45) is 17.8 Å². The van der Waals surface area contributed by atoms with Gasteiger partial charge in [0, 0.05) is 49.8 Å². The summed E-state index contributed by atoms with van der Waals surface area (Å²) in [5.41, 5.74) is 0.900. The van der Waals surface area contributed by atoms with Crippen LogP contribution < -0.4 is 4.90 Å². The van der Waals surface area contributed by atoms with E-state index in [2.05, 4.69) is 42.6 Å². The number of halogens is 3. The van der Waals surface area contributed by atoms with Crippen LogP contribution in [0, 0.1) is 24.7 Å². The van der Waals surface area contributed by atoms with Crippen molar-refractivity contribution in [1.82, 2.24) is 14.7 Å². The number of fused-ring (bicyclic) bond motifs is 1. The molecule has 1 aromatic carbocycles. The number of benzene rings is 1. The van der Waals surface area contributed by atoms with E-state index >= 15 is 0 Å². The van der Waals surface area contributed by atoms with Crippen molar-refractivity contribution in [3.05, 3.63) is 41.6 Å². The van der Waals surface area contributed by atoms with E-state index in [1.165, 1.54) is 38.2 Å². The summed E-state index contributed by atoms with van der Waals surface area (Å²) in [6, 6.07) is 7.14. The van der Waals surface area contributed by atoms with Crippen LogP contribution in [0.4, 0.5) is 19.0 Å². The normalized spacial score (nSPS) is 20.4. The Bertz CT molecular complexity index is 932. The second kappa shape index (κ2) is 13.7. The molecule has 208 valence electrons. The number of alkyl halides is 3. The minimum Gasteiger partial charge on any atom is -0.381 e. The van der Waals surface area contributed by atoms with E-state index in [1.54, 1.807) is 4.68 Å². The number of likely N-dealkylation sites (tertiary alicyclic amines) is 1. The molecule has 8 heteroatoms. The van der Waals surface area contributed by atoms with E-state index in [-0.39, 0.29) is 0 Å². The van der Waals surface area contributed by atoms with Gasteiger partial charge in [-0.2, -0.15) is 18.3 Å². The van der Waals surface area contributed by atoms with Crippen molar-refractivity contribution >= 4 is 5.82 Å². The highest BCUT2D eigenvalue weighted by Crippen LogP contribution is 2.30. The SMILES string of the molecule is CCCN(CCC(C)CC)c1cc(C)n(-c2ccc(C(F)(F)F)cc2)n1.CCCN1CC2COCC2C1. The third-order valence-electron chi connectivity index (χ3n) is 7.58. The molecule has 2 fully saturated rings. The number of rotatable bonds is 10. The van der Waals surface area contributed by atoms with Gasteiger partial charge in [-0.15, -0.1) is 0 Å². The van der Waals surface area contributed by atoms with Gasteiger partial charge in [0.25, 0.3) is 0 Å². The van der Waals surface area contributed by atoms with Gasteiger partial charge < -0.3 is 14.5 Å². The monoisotopic (exact) mass is 522 g/mol. The first kappa shape index (κ1) is 29.5. The third kappa shape index (κ3) is 8.21. The zero-order valence-electron chi connectivity index (χ0n) is 23.2. The summed E-state index contributed by atoms with van der Waals surface area (Å²) in [7, 11) is 0. The highest BCUT2D eigenvalue weighted by molar-refractivity contribution is 5.44. The van der Waals surface area contributed by atoms with E-state index in [0.29, 0.717) is 11.6 Å². The van der Waals surface area contributed by atoms with E-state index in [0.717, 1.165) is 81.0 Å². The predicted octanol–water partition coefficient (Wildman–Crippen LogP) is 6.83. The Morgan fingerprint density at radius 2 is 1.68 bits per heavy atom. The van der Waals surface area contributed by atoms with Crippen LogP contribution in [0.25, 0.3) is 5.69 Å². The molecule has 0 amide bonds. The molecular weight excluding hydrogens is 477 g/mol. The molecular formula is C29H45F3N4O. The number of nitrogens with zero attached hydrogens (tertiary/aromatic N) is 4. The Kier molecular flexibility index (Phi) is 10.9. The second-order valence-electron chi connectivity index (χ2n) is 10.7. The molecule has 37 heavy (non-hydrogen) atoms. The van der Waals surface area contributed by atoms with E-state index in [1.807, 2.05) is 13.0 Å². The number of aryl methyl sites for hydroxylation is 1. The molecule has 0 N–H and O–H groups in total. The Hall–Kier alpha value is -2.06. The number of ether oxygens (including phenoxy) is 1. The number of hydrogen-bond acceptors (Lipinski definition) is 4. The van der Waals surface area contributed by atoms with Gasteiger partial charge in [0.15, 0.2) is 5.82 Å². The fourth-order valence-electron chi connectivity index (χ4n) is 5.14. The maximum Gasteiger partial charge on any atom is 0.416 e. The zero-order chi connectivity index (χ0) is 27.0. The Labute approximate surface area is 221 Å². The Morgan fingerprint density at radius 3 is 2.22 bits per heavy atom. The first-order valence-electron chi connectivity index (χ1n) is 14.0. The quantitative estimate of drug-likeness (QED) is 0.343. The van der Waals surface area contributed by atoms with Crippen molar-refractivity contribution in [3.63, 3.8) is 0 Å². The third-order valence-corrected chi connectivity index (χ3v) is 7.58. The average Bonchev–Trinajstić information content (AvgIpc) is 3.57. The lowest BCUT2D eigenvalue weighted by molar-refractivity contribution is -0.137. The average molecular weight is 523 g/mol. The van der Waals surface area contributed by atoms with Gasteiger partial charge in [-0.1, -0.05) is 34.1 Å². The summed E-state index contributed by atoms with van der Waals surface area (Å²) >= 11 is 0. The van der Waals surface area contributed by atoms with Crippen LogP contribution in [0.5, 0.6) is 0 Å². The molecule has 1 aromatic heterocycles. The topological polar surface area (TPSA) is 33.5 Å². The van der Waals surface area contributed by atoms with Gasteiger partial charge >= 0.3 is 6.18 Å². The van der Waals surface area contributed by atoms with Crippen molar-refractivity contribution in [3.8, 4) is 5.69 Å². The lowest BCUT2D eigenvalue weighted by Gasteiger charge is -2.23. The highest BCUT2D eigenvalue weighted by Gasteiger charge is 2.36. The first-order valence-corrected chi connectivity index (χ1v) is 14.0. The van der Waals surface area contributed by atoms with Crippen molar-refractivity contribution in [2.45, 2.75) is 66.5 Å². The van der Waals surface area contributed by atoms with Gasteiger partial charge in [-0.3, -0.25) is 0 Å². The molecule has 0 bridgehead atoms. The van der Waals surface area contributed by atoms with E-state index < -0.39 is 11.7 Å². The fourth-order valence-corrected chi connectivity index (χ4v) is 5.14. The molecule has 3 unspecified atom stereocenters.